The van der Waals surface area contributed by atoms with Crippen LogP contribution in [0.4, 0.5) is 0 Å². The molecule has 23 heavy (non-hydrogen) atoms. The normalized spacial score (nSPS) is 15.9. The summed E-state index contributed by atoms with van der Waals surface area (Å²) in [6.07, 6.45) is 0.938. The Morgan fingerprint density at radius 3 is 2.96 bits per heavy atom. The molecular weight excluding hydrogens is 332 g/mol. The van der Waals surface area contributed by atoms with Crippen LogP contribution in [-0.4, -0.2) is 50.2 Å². The molecule has 1 aliphatic rings. The summed E-state index contributed by atoms with van der Waals surface area (Å²) < 4.78 is 6.39. The number of morpholine rings is 1. The van der Waals surface area contributed by atoms with Crippen LogP contribution in [0.1, 0.15) is 21.7 Å². The first kappa shape index (κ1) is 16.7. The minimum atomic E-state index is -0.0733. The van der Waals surface area contributed by atoms with E-state index < -0.39 is 0 Å². The van der Waals surface area contributed by atoms with Gasteiger partial charge in [-0.3, -0.25) is 9.69 Å². The van der Waals surface area contributed by atoms with Crippen molar-refractivity contribution in [3.05, 3.63) is 33.7 Å². The summed E-state index contributed by atoms with van der Waals surface area (Å²) in [6, 6.07) is 6.07. The van der Waals surface area contributed by atoms with E-state index in [-0.39, 0.29) is 5.91 Å². The maximum Gasteiger partial charge on any atom is 0.262 e. The van der Waals surface area contributed by atoms with E-state index in [0.29, 0.717) is 16.4 Å². The van der Waals surface area contributed by atoms with E-state index in [4.69, 9.17) is 16.3 Å². The van der Waals surface area contributed by atoms with Crippen molar-refractivity contribution >= 4 is 38.9 Å². The van der Waals surface area contributed by atoms with Gasteiger partial charge in [0.1, 0.15) is 4.88 Å². The van der Waals surface area contributed by atoms with Crippen LogP contribution >= 0.6 is 22.9 Å². The Balaban J connectivity index is 1.54. The molecular formula is C17H21ClN2O2S. The molecule has 3 rings (SSSR count). The summed E-state index contributed by atoms with van der Waals surface area (Å²) in [4.78, 5) is 15.3. The van der Waals surface area contributed by atoms with Gasteiger partial charge in [0.05, 0.1) is 18.2 Å². The van der Waals surface area contributed by atoms with Gasteiger partial charge in [0, 0.05) is 29.7 Å². The lowest BCUT2D eigenvalue weighted by Crippen LogP contribution is -2.38. The number of thiophene rings is 1. The number of nitrogens with one attached hydrogen (secondary N) is 1. The van der Waals surface area contributed by atoms with Gasteiger partial charge in [0.25, 0.3) is 5.91 Å². The Morgan fingerprint density at radius 1 is 1.39 bits per heavy atom. The fourth-order valence-corrected chi connectivity index (χ4v) is 4.26. The zero-order valence-electron chi connectivity index (χ0n) is 13.2. The van der Waals surface area contributed by atoms with E-state index in [9.17, 15) is 4.79 Å². The summed E-state index contributed by atoms with van der Waals surface area (Å²) in [5.41, 5.74) is 1.17. The molecule has 1 saturated heterocycles. The minimum Gasteiger partial charge on any atom is -0.379 e. The maximum atomic E-state index is 12.4. The smallest absolute Gasteiger partial charge is 0.262 e. The van der Waals surface area contributed by atoms with Crippen molar-refractivity contribution in [1.29, 1.82) is 0 Å². The number of amides is 1. The third-order valence-electron chi connectivity index (χ3n) is 4.03. The number of nitrogens with zero attached hydrogens (tertiary/aromatic N) is 1. The monoisotopic (exact) mass is 352 g/mol. The molecule has 1 aromatic heterocycles. The van der Waals surface area contributed by atoms with E-state index in [1.54, 1.807) is 0 Å². The highest BCUT2D eigenvalue weighted by Crippen LogP contribution is 2.35. The molecule has 0 aliphatic carbocycles. The number of carbonyl (C=O) groups excluding carboxylic acids is 1. The van der Waals surface area contributed by atoms with Crippen LogP contribution in [0.5, 0.6) is 0 Å². The highest BCUT2D eigenvalue weighted by molar-refractivity contribution is 7.21. The van der Waals surface area contributed by atoms with E-state index in [0.717, 1.165) is 49.4 Å². The second-order valence-electron chi connectivity index (χ2n) is 5.81. The minimum absolute atomic E-state index is 0.0733. The number of hydrogen-bond acceptors (Lipinski definition) is 4. The third kappa shape index (κ3) is 4.04. The lowest BCUT2D eigenvalue weighted by molar-refractivity contribution is 0.0374. The fraction of sp³-hybridized carbons (Fsp3) is 0.471. The number of carbonyl (C=O) groups is 1. The van der Waals surface area contributed by atoms with Crippen LogP contribution in [-0.2, 0) is 4.74 Å². The number of ether oxygens (including phenoxy) is 1. The van der Waals surface area contributed by atoms with Crippen LogP contribution in [0.25, 0.3) is 10.1 Å². The van der Waals surface area contributed by atoms with Crippen LogP contribution in [0.2, 0.25) is 5.02 Å². The molecule has 1 aliphatic heterocycles. The Hall–Kier alpha value is -1.14. The first-order chi connectivity index (χ1) is 11.1. The Bertz CT molecular complexity index is 695. The molecule has 0 unspecified atom stereocenters. The second kappa shape index (κ2) is 7.62. The predicted molar refractivity (Wildman–Crippen MR) is 95.8 cm³/mol. The van der Waals surface area contributed by atoms with E-state index >= 15 is 0 Å². The molecule has 0 radical (unpaired) electrons. The van der Waals surface area contributed by atoms with Crippen molar-refractivity contribution < 1.29 is 9.53 Å². The molecule has 0 spiro atoms. The number of halogens is 1. The Morgan fingerprint density at radius 2 is 2.17 bits per heavy atom. The molecule has 0 atom stereocenters. The van der Waals surface area contributed by atoms with E-state index in [1.165, 1.54) is 16.9 Å². The van der Waals surface area contributed by atoms with E-state index in [1.807, 2.05) is 19.1 Å². The molecule has 0 bridgehead atoms. The third-order valence-corrected chi connectivity index (χ3v) is 5.69. The van der Waals surface area contributed by atoms with Gasteiger partial charge < -0.3 is 10.1 Å². The van der Waals surface area contributed by atoms with Gasteiger partial charge >= 0.3 is 0 Å². The van der Waals surface area contributed by atoms with Gasteiger partial charge in [0.2, 0.25) is 0 Å². The van der Waals surface area contributed by atoms with Crippen LogP contribution in [0.3, 0.4) is 0 Å². The van der Waals surface area contributed by atoms with E-state index in [2.05, 4.69) is 16.3 Å². The van der Waals surface area contributed by atoms with Crippen molar-refractivity contribution in [3.63, 3.8) is 0 Å². The number of aryl methyl sites for hydroxylation is 1. The van der Waals surface area contributed by atoms with Gasteiger partial charge in [0.15, 0.2) is 0 Å². The van der Waals surface area contributed by atoms with Crippen LogP contribution in [0, 0.1) is 6.92 Å². The standard InChI is InChI=1S/C17H21ClN2O2S/c1-12-3-4-13-14(11-12)23-16(15(13)18)17(21)19-5-2-6-20-7-9-22-10-8-20/h3-4,11H,2,5-10H2,1H3,(H,19,21). The number of rotatable bonds is 5. The van der Waals surface area contributed by atoms with Gasteiger partial charge in [-0.2, -0.15) is 0 Å². The molecule has 2 heterocycles. The van der Waals surface area contributed by atoms with Crippen molar-refractivity contribution in [2.75, 3.05) is 39.4 Å². The average Bonchev–Trinajstić information content (AvgIpc) is 2.88. The summed E-state index contributed by atoms with van der Waals surface area (Å²) >= 11 is 7.83. The van der Waals surface area contributed by atoms with Crippen molar-refractivity contribution in [1.82, 2.24) is 10.2 Å². The summed E-state index contributed by atoms with van der Waals surface area (Å²) in [5.74, 6) is -0.0733. The fourth-order valence-electron chi connectivity index (χ4n) is 2.73. The predicted octanol–water partition coefficient (Wildman–Crippen LogP) is 3.32. The summed E-state index contributed by atoms with van der Waals surface area (Å²) in [6.45, 7) is 7.28. The number of hydrogen-bond donors (Lipinski definition) is 1. The zero-order valence-corrected chi connectivity index (χ0v) is 14.8. The Kier molecular flexibility index (Phi) is 5.54. The van der Waals surface area contributed by atoms with Gasteiger partial charge in [-0.1, -0.05) is 23.7 Å². The largest absolute Gasteiger partial charge is 0.379 e. The number of fused-ring (bicyclic) bond motifs is 1. The highest BCUT2D eigenvalue weighted by atomic mass is 35.5. The maximum absolute atomic E-state index is 12.4. The summed E-state index contributed by atoms with van der Waals surface area (Å²) in [7, 11) is 0. The number of benzene rings is 1. The highest BCUT2D eigenvalue weighted by Gasteiger charge is 2.17. The molecule has 0 saturated carbocycles. The molecule has 6 heteroatoms. The van der Waals surface area contributed by atoms with Gasteiger partial charge in [-0.15, -0.1) is 11.3 Å². The van der Waals surface area contributed by atoms with Crippen molar-refractivity contribution in [3.8, 4) is 0 Å². The molecule has 1 fully saturated rings. The molecule has 4 nitrogen and oxygen atoms in total. The van der Waals surface area contributed by atoms with Gasteiger partial charge in [-0.05, 0) is 31.5 Å². The quantitative estimate of drug-likeness (QED) is 0.839. The second-order valence-corrected chi connectivity index (χ2v) is 7.24. The van der Waals surface area contributed by atoms with Gasteiger partial charge in [-0.25, -0.2) is 0 Å². The summed E-state index contributed by atoms with van der Waals surface area (Å²) in [5, 5.41) is 4.51. The average molecular weight is 353 g/mol. The lowest BCUT2D eigenvalue weighted by atomic mass is 10.2. The zero-order chi connectivity index (χ0) is 16.2. The lowest BCUT2D eigenvalue weighted by Gasteiger charge is -2.26. The van der Waals surface area contributed by atoms with Crippen molar-refractivity contribution in [2.45, 2.75) is 13.3 Å². The first-order valence-corrected chi connectivity index (χ1v) is 9.11. The topological polar surface area (TPSA) is 41.6 Å². The molecule has 124 valence electrons. The van der Waals surface area contributed by atoms with Crippen LogP contribution < -0.4 is 5.32 Å². The molecule has 1 aromatic carbocycles. The van der Waals surface area contributed by atoms with Crippen LogP contribution in [0.15, 0.2) is 18.2 Å². The Labute approximate surface area is 145 Å². The molecule has 2 aromatic rings. The molecule has 1 N–H and O–H groups in total. The SMILES string of the molecule is Cc1ccc2c(Cl)c(C(=O)NCCCN3CCOCC3)sc2c1. The van der Waals surface area contributed by atoms with Crippen molar-refractivity contribution in [2.24, 2.45) is 0 Å². The molecule has 1 amide bonds. The first-order valence-electron chi connectivity index (χ1n) is 7.92.